The molecule has 66 valence electrons. The normalized spacial score (nSPS) is 9.91. The lowest BCUT2D eigenvalue weighted by Gasteiger charge is -2.01. The van der Waals surface area contributed by atoms with E-state index in [0.717, 1.165) is 19.6 Å². The van der Waals surface area contributed by atoms with Gasteiger partial charge in [0.05, 0.1) is 0 Å². The Morgan fingerprint density at radius 3 is 2.55 bits per heavy atom. The van der Waals surface area contributed by atoms with Crippen LogP contribution in [0.4, 0.5) is 0 Å². The van der Waals surface area contributed by atoms with Crippen molar-refractivity contribution in [3.05, 3.63) is 12.7 Å². The minimum Gasteiger partial charge on any atom is -0.381 e. The maximum Gasteiger partial charge on any atom is 0.0466 e. The molecule has 0 saturated carbocycles. The van der Waals surface area contributed by atoms with Crippen molar-refractivity contribution >= 4 is 0 Å². The van der Waals surface area contributed by atoms with E-state index in [1.807, 2.05) is 6.08 Å². The highest BCUT2D eigenvalue weighted by atomic mass is 16.5. The standard InChI is InChI=1S/C10H20O/c1-3-5-7-8-10-11-9-6-4-2/h3H,1,4-10H2,2H3. The number of hydrogen-bond acceptors (Lipinski definition) is 1. The Morgan fingerprint density at radius 1 is 1.18 bits per heavy atom. The Bertz CT molecular complexity index is 78.9. The van der Waals surface area contributed by atoms with Crippen molar-refractivity contribution in [3.8, 4) is 0 Å². The van der Waals surface area contributed by atoms with Gasteiger partial charge in [0, 0.05) is 13.2 Å². The van der Waals surface area contributed by atoms with E-state index in [-0.39, 0.29) is 0 Å². The van der Waals surface area contributed by atoms with Crippen LogP contribution in [-0.4, -0.2) is 13.2 Å². The van der Waals surface area contributed by atoms with Crippen LogP contribution < -0.4 is 0 Å². The average molecular weight is 156 g/mol. The van der Waals surface area contributed by atoms with E-state index < -0.39 is 0 Å². The largest absolute Gasteiger partial charge is 0.381 e. The lowest BCUT2D eigenvalue weighted by molar-refractivity contribution is 0.128. The molecular formula is C10H20O. The van der Waals surface area contributed by atoms with Crippen LogP contribution in [0, 0.1) is 0 Å². The SMILES string of the molecule is C=CCCCCOCCCC. The molecule has 0 aliphatic carbocycles. The number of hydrogen-bond donors (Lipinski definition) is 0. The van der Waals surface area contributed by atoms with Gasteiger partial charge in [-0.15, -0.1) is 6.58 Å². The molecule has 0 aromatic carbocycles. The first-order chi connectivity index (χ1) is 5.41. The van der Waals surface area contributed by atoms with Crippen LogP contribution >= 0.6 is 0 Å². The highest BCUT2D eigenvalue weighted by Gasteiger charge is 1.87. The maximum atomic E-state index is 5.39. The highest BCUT2D eigenvalue weighted by molar-refractivity contribution is 4.65. The summed E-state index contributed by atoms with van der Waals surface area (Å²) in [5.74, 6) is 0. The van der Waals surface area contributed by atoms with Crippen LogP contribution in [0.2, 0.25) is 0 Å². The number of ether oxygens (including phenoxy) is 1. The lowest BCUT2D eigenvalue weighted by atomic mass is 10.2. The van der Waals surface area contributed by atoms with Crippen LogP contribution in [0.1, 0.15) is 39.0 Å². The van der Waals surface area contributed by atoms with Crippen molar-refractivity contribution in [2.24, 2.45) is 0 Å². The molecule has 11 heavy (non-hydrogen) atoms. The summed E-state index contributed by atoms with van der Waals surface area (Å²) < 4.78 is 5.39. The Kier molecular flexibility index (Phi) is 9.44. The predicted octanol–water partition coefficient (Wildman–Crippen LogP) is 3.16. The maximum absolute atomic E-state index is 5.39. The van der Waals surface area contributed by atoms with E-state index in [2.05, 4.69) is 13.5 Å². The molecule has 0 radical (unpaired) electrons. The van der Waals surface area contributed by atoms with Gasteiger partial charge >= 0.3 is 0 Å². The molecule has 0 aliphatic heterocycles. The van der Waals surface area contributed by atoms with Crippen molar-refractivity contribution in [1.29, 1.82) is 0 Å². The Hall–Kier alpha value is -0.300. The molecule has 0 rings (SSSR count). The van der Waals surface area contributed by atoms with Gasteiger partial charge in [-0.3, -0.25) is 0 Å². The molecule has 0 N–H and O–H groups in total. The first kappa shape index (κ1) is 10.7. The van der Waals surface area contributed by atoms with E-state index in [1.165, 1.54) is 25.7 Å². The summed E-state index contributed by atoms with van der Waals surface area (Å²) in [7, 11) is 0. The van der Waals surface area contributed by atoms with E-state index in [9.17, 15) is 0 Å². The van der Waals surface area contributed by atoms with Crippen LogP contribution in [0.5, 0.6) is 0 Å². The first-order valence-electron chi connectivity index (χ1n) is 4.60. The van der Waals surface area contributed by atoms with E-state index in [1.54, 1.807) is 0 Å². The van der Waals surface area contributed by atoms with Gasteiger partial charge in [0.25, 0.3) is 0 Å². The van der Waals surface area contributed by atoms with Crippen molar-refractivity contribution in [3.63, 3.8) is 0 Å². The minimum absolute atomic E-state index is 0.924. The molecule has 0 fully saturated rings. The van der Waals surface area contributed by atoms with Crippen molar-refractivity contribution in [2.45, 2.75) is 39.0 Å². The van der Waals surface area contributed by atoms with Crippen molar-refractivity contribution in [1.82, 2.24) is 0 Å². The molecule has 0 aromatic rings. The average Bonchev–Trinajstić information content (AvgIpc) is 2.03. The Balaban J connectivity index is 2.74. The van der Waals surface area contributed by atoms with Crippen molar-refractivity contribution in [2.75, 3.05) is 13.2 Å². The van der Waals surface area contributed by atoms with E-state index >= 15 is 0 Å². The molecule has 0 saturated heterocycles. The van der Waals surface area contributed by atoms with Gasteiger partial charge in [-0.25, -0.2) is 0 Å². The monoisotopic (exact) mass is 156 g/mol. The summed E-state index contributed by atoms with van der Waals surface area (Å²) in [5.41, 5.74) is 0. The van der Waals surface area contributed by atoms with Crippen molar-refractivity contribution < 1.29 is 4.74 Å². The quantitative estimate of drug-likeness (QED) is 0.387. The summed E-state index contributed by atoms with van der Waals surface area (Å²) in [6.45, 7) is 7.71. The highest BCUT2D eigenvalue weighted by Crippen LogP contribution is 1.96. The second-order valence-corrected chi connectivity index (χ2v) is 2.75. The molecule has 0 spiro atoms. The zero-order valence-corrected chi connectivity index (χ0v) is 7.64. The second kappa shape index (κ2) is 9.70. The van der Waals surface area contributed by atoms with Gasteiger partial charge < -0.3 is 4.74 Å². The molecule has 0 heterocycles. The fraction of sp³-hybridized carbons (Fsp3) is 0.800. The topological polar surface area (TPSA) is 9.23 Å². The zero-order chi connectivity index (χ0) is 8.36. The van der Waals surface area contributed by atoms with Gasteiger partial charge in [0.1, 0.15) is 0 Å². The smallest absolute Gasteiger partial charge is 0.0466 e. The van der Waals surface area contributed by atoms with Gasteiger partial charge in [0.15, 0.2) is 0 Å². The number of allylic oxidation sites excluding steroid dienone is 1. The molecule has 1 heteroatoms. The minimum atomic E-state index is 0.924. The van der Waals surface area contributed by atoms with Gasteiger partial charge in [0.2, 0.25) is 0 Å². The Labute approximate surface area is 70.4 Å². The van der Waals surface area contributed by atoms with Gasteiger partial charge in [-0.2, -0.15) is 0 Å². The molecule has 0 amide bonds. The fourth-order valence-corrected chi connectivity index (χ4v) is 0.841. The fourth-order valence-electron chi connectivity index (χ4n) is 0.841. The summed E-state index contributed by atoms with van der Waals surface area (Å²) in [5, 5.41) is 0. The number of unbranched alkanes of at least 4 members (excludes halogenated alkanes) is 3. The van der Waals surface area contributed by atoms with Gasteiger partial charge in [-0.1, -0.05) is 19.4 Å². The summed E-state index contributed by atoms with van der Waals surface area (Å²) in [4.78, 5) is 0. The van der Waals surface area contributed by atoms with E-state index in [4.69, 9.17) is 4.74 Å². The second-order valence-electron chi connectivity index (χ2n) is 2.75. The predicted molar refractivity (Wildman–Crippen MR) is 49.8 cm³/mol. The third kappa shape index (κ3) is 9.70. The Morgan fingerprint density at radius 2 is 1.91 bits per heavy atom. The van der Waals surface area contributed by atoms with Crippen LogP contribution in [-0.2, 0) is 4.74 Å². The molecule has 1 nitrogen and oxygen atoms in total. The van der Waals surface area contributed by atoms with Crippen LogP contribution in [0.25, 0.3) is 0 Å². The third-order valence-electron chi connectivity index (χ3n) is 1.59. The summed E-state index contributed by atoms with van der Waals surface area (Å²) in [6, 6.07) is 0. The summed E-state index contributed by atoms with van der Waals surface area (Å²) in [6.07, 6.45) is 7.91. The summed E-state index contributed by atoms with van der Waals surface area (Å²) >= 11 is 0. The lowest BCUT2D eigenvalue weighted by Crippen LogP contribution is -1.95. The molecule has 0 bridgehead atoms. The zero-order valence-electron chi connectivity index (χ0n) is 7.64. The van der Waals surface area contributed by atoms with Crippen LogP contribution in [0.15, 0.2) is 12.7 Å². The van der Waals surface area contributed by atoms with Crippen LogP contribution in [0.3, 0.4) is 0 Å². The molecule has 0 unspecified atom stereocenters. The van der Waals surface area contributed by atoms with E-state index in [0.29, 0.717) is 0 Å². The first-order valence-corrected chi connectivity index (χ1v) is 4.60. The molecular weight excluding hydrogens is 136 g/mol. The van der Waals surface area contributed by atoms with Gasteiger partial charge in [-0.05, 0) is 25.7 Å². The molecule has 0 atom stereocenters. The number of rotatable bonds is 8. The third-order valence-corrected chi connectivity index (χ3v) is 1.59. The molecule has 0 aromatic heterocycles. The molecule has 0 aliphatic rings.